The molecule has 0 spiro atoms. The molecule has 0 saturated heterocycles. The third-order valence-electron chi connectivity index (χ3n) is 6.01. The largest absolute Gasteiger partial charge is 0.489 e. The quantitative estimate of drug-likeness (QED) is 0.119. The Kier molecular flexibility index (Phi) is 9.25. The van der Waals surface area contributed by atoms with Gasteiger partial charge in [0, 0.05) is 0 Å². The van der Waals surface area contributed by atoms with E-state index in [4.69, 9.17) is 18.9 Å². The maximum absolute atomic E-state index is 6.04. The van der Waals surface area contributed by atoms with Crippen molar-refractivity contribution in [1.29, 1.82) is 0 Å². The molecule has 0 amide bonds. The minimum Gasteiger partial charge on any atom is -0.489 e. The maximum atomic E-state index is 6.04. The summed E-state index contributed by atoms with van der Waals surface area (Å²) < 4.78 is 23.8. The lowest BCUT2D eigenvalue weighted by Gasteiger charge is -2.15. The smallest absolute Gasteiger partial charge is 0.162 e. The van der Waals surface area contributed by atoms with Crippen molar-refractivity contribution in [2.45, 2.75) is 12.8 Å². The van der Waals surface area contributed by atoms with Gasteiger partial charge in [0.15, 0.2) is 23.0 Å². The van der Waals surface area contributed by atoms with Crippen molar-refractivity contribution in [3.05, 3.63) is 111 Å². The van der Waals surface area contributed by atoms with E-state index in [0.29, 0.717) is 37.9 Å². The van der Waals surface area contributed by atoms with Crippen molar-refractivity contribution in [2.75, 3.05) is 26.4 Å². The summed E-state index contributed by atoms with van der Waals surface area (Å²) in [6.45, 7) is 17.0. The Morgan fingerprint density at radius 2 is 0.842 bits per heavy atom. The zero-order valence-electron chi connectivity index (χ0n) is 21.8. The molecule has 0 aromatic heterocycles. The molecule has 194 valence electrons. The van der Waals surface area contributed by atoms with Crippen LogP contribution in [0.5, 0.6) is 23.0 Å². The highest BCUT2D eigenvalue weighted by molar-refractivity contribution is 5.93. The van der Waals surface area contributed by atoms with Gasteiger partial charge in [0.1, 0.15) is 13.2 Å². The monoisotopic (exact) mass is 506 g/mol. The van der Waals surface area contributed by atoms with Crippen LogP contribution in [0, 0.1) is 0 Å². The Morgan fingerprint density at radius 3 is 1.24 bits per heavy atom. The predicted molar refractivity (Wildman–Crippen MR) is 159 cm³/mol. The summed E-state index contributed by atoms with van der Waals surface area (Å²) >= 11 is 0. The molecular formula is C34H34O4. The van der Waals surface area contributed by atoms with Gasteiger partial charge < -0.3 is 18.9 Å². The van der Waals surface area contributed by atoms with E-state index in [0.717, 1.165) is 57.0 Å². The Labute approximate surface area is 225 Å². The van der Waals surface area contributed by atoms with Gasteiger partial charge in [-0.3, -0.25) is 0 Å². The lowest BCUT2D eigenvalue weighted by Crippen LogP contribution is -2.01. The topological polar surface area (TPSA) is 36.9 Å². The molecule has 0 aliphatic carbocycles. The van der Waals surface area contributed by atoms with Crippen LogP contribution in [0.3, 0.4) is 0 Å². The van der Waals surface area contributed by atoms with E-state index in [9.17, 15) is 0 Å². The first kappa shape index (κ1) is 26.6. The van der Waals surface area contributed by atoms with Gasteiger partial charge in [-0.05, 0) is 81.9 Å². The van der Waals surface area contributed by atoms with Crippen molar-refractivity contribution in [1.82, 2.24) is 0 Å². The van der Waals surface area contributed by atoms with Crippen LogP contribution in [0.2, 0.25) is 0 Å². The minimum atomic E-state index is 0.400. The van der Waals surface area contributed by atoms with E-state index in [1.807, 2.05) is 30.4 Å². The Bertz CT molecular complexity index is 1450. The summed E-state index contributed by atoms with van der Waals surface area (Å²) in [5, 5.41) is 4.30. The van der Waals surface area contributed by atoms with E-state index < -0.39 is 0 Å². The van der Waals surface area contributed by atoms with Gasteiger partial charge in [-0.2, -0.15) is 0 Å². The fourth-order valence-electron chi connectivity index (χ4n) is 4.12. The first-order valence-corrected chi connectivity index (χ1v) is 12.8. The molecule has 0 N–H and O–H groups in total. The van der Waals surface area contributed by atoms with Gasteiger partial charge in [0.05, 0.1) is 13.2 Å². The van der Waals surface area contributed by atoms with E-state index in [1.165, 1.54) is 0 Å². The van der Waals surface area contributed by atoms with Crippen LogP contribution in [0.1, 0.15) is 12.8 Å². The van der Waals surface area contributed by atoms with Crippen LogP contribution in [0.15, 0.2) is 111 Å². The molecule has 0 atom stereocenters. The number of fused-ring (bicyclic) bond motifs is 2. The van der Waals surface area contributed by atoms with Crippen LogP contribution >= 0.6 is 0 Å². The first-order valence-electron chi connectivity index (χ1n) is 12.8. The average Bonchev–Trinajstić information content (AvgIpc) is 2.94. The zero-order chi connectivity index (χ0) is 26.7. The van der Waals surface area contributed by atoms with E-state index >= 15 is 0 Å². The van der Waals surface area contributed by atoms with Gasteiger partial charge in [0.2, 0.25) is 0 Å². The maximum Gasteiger partial charge on any atom is 0.162 e. The lowest BCUT2D eigenvalue weighted by molar-refractivity contribution is 0.275. The highest BCUT2D eigenvalue weighted by Gasteiger charge is 2.12. The summed E-state index contributed by atoms with van der Waals surface area (Å²) in [5.74, 6) is 2.84. The number of benzene rings is 4. The third-order valence-corrected chi connectivity index (χ3v) is 6.01. The number of hydrogen-bond donors (Lipinski definition) is 0. The normalized spacial score (nSPS) is 10.6. The summed E-state index contributed by atoms with van der Waals surface area (Å²) in [5.41, 5.74) is 2.21. The molecule has 0 aliphatic rings. The molecule has 0 fully saturated rings. The van der Waals surface area contributed by atoms with Crippen molar-refractivity contribution >= 4 is 21.5 Å². The summed E-state index contributed by atoms with van der Waals surface area (Å²) in [6, 6.07) is 20.9. The van der Waals surface area contributed by atoms with E-state index in [-0.39, 0.29) is 0 Å². The second kappa shape index (κ2) is 13.2. The van der Waals surface area contributed by atoms with Gasteiger partial charge in [0.25, 0.3) is 0 Å². The molecule has 0 bridgehead atoms. The number of hydrogen-bond acceptors (Lipinski definition) is 4. The van der Waals surface area contributed by atoms with Gasteiger partial charge in [-0.1, -0.05) is 61.7 Å². The molecule has 0 saturated carbocycles. The molecule has 0 radical (unpaired) electrons. The molecule has 38 heavy (non-hydrogen) atoms. The molecule has 4 rings (SSSR count). The third kappa shape index (κ3) is 6.46. The second-order valence-electron chi connectivity index (χ2n) is 8.77. The highest BCUT2D eigenvalue weighted by Crippen LogP contribution is 2.37. The van der Waals surface area contributed by atoms with Crippen LogP contribution in [0.25, 0.3) is 32.7 Å². The van der Waals surface area contributed by atoms with Crippen LogP contribution < -0.4 is 18.9 Å². The first-order chi connectivity index (χ1) is 18.7. The summed E-state index contributed by atoms with van der Waals surface area (Å²) in [6.07, 6.45) is 8.67. The summed E-state index contributed by atoms with van der Waals surface area (Å²) in [4.78, 5) is 0. The van der Waals surface area contributed by atoms with Crippen LogP contribution in [-0.4, -0.2) is 26.4 Å². The zero-order valence-corrected chi connectivity index (χ0v) is 21.8. The number of ether oxygens (including phenoxy) is 4. The molecule has 0 heterocycles. The predicted octanol–water partition coefficient (Wildman–Crippen LogP) is 8.70. The van der Waals surface area contributed by atoms with Crippen molar-refractivity contribution < 1.29 is 18.9 Å². The lowest BCUT2D eigenvalue weighted by atomic mass is 9.98. The fraction of sp³-hybridized carbons (Fsp3) is 0.176. The number of rotatable bonds is 15. The Balaban J connectivity index is 1.70. The molecule has 0 unspecified atom stereocenters. The van der Waals surface area contributed by atoms with Crippen LogP contribution in [0.4, 0.5) is 0 Å². The van der Waals surface area contributed by atoms with Crippen molar-refractivity contribution in [2.24, 2.45) is 0 Å². The van der Waals surface area contributed by atoms with Crippen LogP contribution in [-0.2, 0) is 0 Å². The van der Waals surface area contributed by atoms with Gasteiger partial charge in [-0.15, -0.1) is 13.2 Å². The Morgan fingerprint density at radius 1 is 0.447 bits per heavy atom. The fourth-order valence-corrected chi connectivity index (χ4v) is 4.12. The van der Waals surface area contributed by atoms with Crippen molar-refractivity contribution in [3.8, 4) is 34.1 Å². The minimum absolute atomic E-state index is 0.400. The molecule has 4 nitrogen and oxygen atoms in total. The average molecular weight is 507 g/mol. The SMILES string of the molecule is C=CCCOc1cc2ccc(-c3ccc4cc(OCC=C)c(OCC=C)cc4c3)cc2cc1OCCC=C. The van der Waals surface area contributed by atoms with E-state index in [1.54, 1.807) is 12.2 Å². The highest BCUT2D eigenvalue weighted by atomic mass is 16.5. The molecule has 4 heteroatoms. The van der Waals surface area contributed by atoms with Gasteiger partial charge in [-0.25, -0.2) is 0 Å². The molecule has 4 aromatic rings. The molecule has 0 aliphatic heterocycles. The van der Waals surface area contributed by atoms with E-state index in [2.05, 4.69) is 68.8 Å². The van der Waals surface area contributed by atoms with Crippen molar-refractivity contribution in [3.63, 3.8) is 0 Å². The summed E-state index contributed by atoms with van der Waals surface area (Å²) in [7, 11) is 0. The standard InChI is InChI=1S/C34H34O4/c1-5-9-17-37-32-22-28-14-12-26(20-30(28)24-34(32)38-18-10-6-2)25-11-13-27-21-31(35-15-7-3)33(36-16-8-4)23-29(27)19-25/h5-8,11-14,19-24H,1-4,9-10,15-18H2. The Hall–Kier alpha value is -4.44. The molecular weight excluding hydrogens is 472 g/mol. The van der Waals surface area contributed by atoms with Gasteiger partial charge >= 0.3 is 0 Å². The molecule has 4 aromatic carbocycles. The second-order valence-corrected chi connectivity index (χ2v) is 8.77.